The number of carbonyl (C=O) groups excluding carboxylic acids is 1. The molecule has 8 heteroatoms. The van der Waals surface area contributed by atoms with E-state index in [0.29, 0.717) is 30.2 Å². The van der Waals surface area contributed by atoms with Crippen molar-refractivity contribution < 1.29 is 17.9 Å². The van der Waals surface area contributed by atoms with Crippen LogP contribution in [0.4, 0.5) is 0 Å². The number of halogens is 1. The number of carbonyl (C=O) groups is 1. The van der Waals surface area contributed by atoms with E-state index in [2.05, 4.69) is 10.0 Å². The number of rotatable bonds is 9. The number of hydrogen-bond acceptors (Lipinski definition) is 4. The highest BCUT2D eigenvalue weighted by molar-refractivity contribution is 7.88. The molecule has 0 fully saturated rings. The zero-order valence-electron chi connectivity index (χ0n) is 12.6. The second-order valence-corrected chi connectivity index (χ2v) is 7.11. The van der Waals surface area contributed by atoms with Crippen LogP contribution < -0.4 is 10.0 Å². The second kappa shape index (κ2) is 9.09. The van der Waals surface area contributed by atoms with Gasteiger partial charge in [0.25, 0.3) is 0 Å². The largest absolute Gasteiger partial charge is 0.385 e. The monoisotopic (exact) mass is 348 g/mol. The number of sulfonamides is 1. The Kier molecular flexibility index (Phi) is 7.81. The van der Waals surface area contributed by atoms with Crippen molar-refractivity contribution in [3.8, 4) is 0 Å². The number of amides is 1. The van der Waals surface area contributed by atoms with E-state index in [1.165, 1.54) is 0 Å². The zero-order chi connectivity index (χ0) is 16.6. The van der Waals surface area contributed by atoms with Gasteiger partial charge in [0.1, 0.15) is 0 Å². The molecule has 22 heavy (non-hydrogen) atoms. The molecule has 0 spiro atoms. The third kappa shape index (κ3) is 7.74. The lowest BCUT2D eigenvalue weighted by atomic mass is 10.0. The van der Waals surface area contributed by atoms with E-state index in [1.54, 1.807) is 31.4 Å². The number of nitrogens with one attached hydrogen (secondary N) is 2. The third-order valence-corrected chi connectivity index (χ3v) is 3.83. The van der Waals surface area contributed by atoms with Gasteiger partial charge in [0, 0.05) is 31.7 Å². The maximum absolute atomic E-state index is 11.9. The van der Waals surface area contributed by atoms with E-state index in [0.717, 1.165) is 6.26 Å². The van der Waals surface area contributed by atoms with Gasteiger partial charge in [-0.25, -0.2) is 13.1 Å². The van der Waals surface area contributed by atoms with Crippen LogP contribution in [0.25, 0.3) is 0 Å². The lowest BCUT2D eigenvalue weighted by Gasteiger charge is -2.18. The topological polar surface area (TPSA) is 84.5 Å². The molecular weight excluding hydrogens is 328 g/mol. The van der Waals surface area contributed by atoms with Gasteiger partial charge >= 0.3 is 0 Å². The first-order chi connectivity index (χ1) is 10.3. The highest BCUT2D eigenvalue weighted by atomic mass is 35.5. The molecule has 2 N–H and O–H groups in total. The van der Waals surface area contributed by atoms with Gasteiger partial charge in [-0.15, -0.1) is 0 Å². The number of ether oxygens (including phenoxy) is 1. The van der Waals surface area contributed by atoms with Crippen LogP contribution in [-0.2, 0) is 19.6 Å². The van der Waals surface area contributed by atoms with Crippen molar-refractivity contribution in [2.24, 2.45) is 0 Å². The fraction of sp³-hybridized carbons (Fsp3) is 0.500. The minimum Gasteiger partial charge on any atom is -0.385 e. The summed E-state index contributed by atoms with van der Waals surface area (Å²) >= 11 is 5.82. The molecular formula is C14H21ClN2O4S. The summed E-state index contributed by atoms with van der Waals surface area (Å²) in [5.41, 5.74) is 0.682. The van der Waals surface area contributed by atoms with Crippen LogP contribution in [0.2, 0.25) is 5.02 Å². The van der Waals surface area contributed by atoms with Crippen LogP contribution in [0.15, 0.2) is 24.3 Å². The summed E-state index contributed by atoms with van der Waals surface area (Å²) in [6.07, 6.45) is 1.78. The Morgan fingerprint density at radius 3 is 2.50 bits per heavy atom. The SMILES string of the molecule is COCCCNC(=O)C[C@H](NS(C)(=O)=O)c1ccc(Cl)cc1. The van der Waals surface area contributed by atoms with E-state index in [-0.39, 0.29) is 12.3 Å². The highest BCUT2D eigenvalue weighted by Crippen LogP contribution is 2.20. The molecule has 0 saturated heterocycles. The Labute approximate surface area is 136 Å². The molecule has 0 aliphatic rings. The molecule has 0 saturated carbocycles. The van der Waals surface area contributed by atoms with Crippen molar-refractivity contribution in [2.75, 3.05) is 26.5 Å². The van der Waals surface area contributed by atoms with E-state index in [1.807, 2.05) is 0 Å². The first-order valence-electron chi connectivity index (χ1n) is 6.80. The van der Waals surface area contributed by atoms with E-state index >= 15 is 0 Å². The first kappa shape index (κ1) is 18.9. The van der Waals surface area contributed by atoms with Crippen LogP contribution in [0.3, 0.4) is 0 Å². The average Bonchev–Trinajstić information content (AvgIpc) is 2.42. The summed E-state index contributed by atoms with van der Waals surface area (Å²) < 4.78 is 30.3. The molecule has 0 heterocycles. The van der Waals surface area contributed by atoms with Crippen LogP contribution in [0.5, 0.6) is 0 Å². The quantitative estimate of drug-likeness (QED) is 0.662. The molecule has 124 valence electrons. The smallest absolute Gasteiger partial charge is 0.221 e. The summed E-state index contributed by atoms with van der Waals surface area (Å²) in [5.74, 6) is -0.229. The van der Waals surface area contributed by atoms with Gasteiger partial charge in [0.15, 0.2) is 0 Å². The van der Waals surface area contributed by atoms with Gasteiger partial charge in [0.2, 0.25) is 15.9 Å². The van der Waals surface area contributed by atoms with Gasteiger partial charge in [-0.3, -0.25) is 4.79 Å². The number of hydrogen-bond donors (Lipinski definition) is 2. The molecule has 0 bridgehead atoms. The number of benzene rings is 1. The van der Waals surface area contributed by atoms with Crippen LogP contribution in [0, 0.1) is 0 Å². The van der Waals surface area contributed by atoms with Gasteiger partial charge in [-0.2, -0.15) is 0 Å². The Hall–Kier alpha value is -1.15. The van der Waals surface area contributed by atoms with Crippen molar-refractivity contribution in [3.63, 3.8) is 0 Å². The van der Waals surface area contributed by atoms with Crippen molar-refractivity contribution >= 4 is 27.5 Å². The third-order valence-electron chi connectivity index (χ3n) is 2.87. The fourth-order valence-electron chi connectivity index (χ4n) is 1.88. The molecule has 6 nitrogen and oxygen atoms in total. The standard InChI is InChI=1S/C14H21ClN2O4S/c1-21-9-3-8-16-14(18)10-13(17-22(2,19)20)11-4-6-12(15)7-5-11/h4-7,13,17H,3,8-10H2,1-2H3,(H,16,18)/t13-/m0/s1. The van der Waals surface area contributed by atoms with Crippen molar-refractivity contribution in [2.45, 2.75) is 18.9 Å². The van der Waals surface area contributed by atoms with Crippen molar-refractivity contribution in [1.29, 1.82) is 0 Å². The van der Waals surface area contributed by atoms with Gasteiger partial charge in [-0.1, -0.05) is 23.7 Å². The Bertz CT molecular complexity index is 575. The lowest BCUT2D eigenvalue weighted by molar-refractivity contribution is -0.121. The molecule has 0 aromatic heterocycles. The maximum atomic E-state index is 11.9. The highest BCUT2D eigenvalue weighted by Gasteiger charge is 2.19. The van der Waals surface area contributed by atoms with Crippen LogP contribution >= 0.6 is 11.6 Å². The summed E-state index contributed by atoms with van der Waals surface area (Å²) in [6.45, 7) is 1.04. The van der Waals surface area contributed by atoms with E-state index in [9.17, 15) is 13.2 Å². The second-order valence-electron chi connectivity index (χ2n) is 4.89. The molecule has 0 radical (unpaired) electrons. The molecule has 1 aromatic rings. The lowest BCUT2D eigenvalue weighted by Crippen LogP contribution is -2.33. The van der Waals surface area contributed by atoms with Crippen molar-refractivity contribution in [1.82, 2.24) is 10.0 Å². The molecule has 1 amide bonds. The van der Waals surface area contributed by atoms with Crippen LogP contribution in [-0.4, -0.2) is 40.8 Å². The summed E-state index contributed by atoms with van der Waals surface area (Å²) in [4.78, 5) is 11.9. The molecule has 0 unspecified atom stereocenters. The van der Waals surface area contributed by atoms with E-state index < -0.39 is 16.1 Å². The minimum atomic E-state index is -3.44. The zero-order valence-corrected chi connectivity index (χ0v) is 14.2. The van der Waals surface area contributed by atoms with Crippen molar-refractivity contribution in [3.05, 3.63) is 34.9 Å². The summed E-state index contributed by atoms with van der Waals surface area (Å²) in [6, 6.07) is 6.08. The molecule has 1 rings (SSSR count). The predicted molar refractivity (Wildman–Crippen MR) is 86.3 cm³/mol. The molecule has 0 aliphatic carbocycles. The maximum Gasteiger partial charge on any atom is 0.221 e. The molecule has 0 aliphatic heterocycles. The normalized spacial score (nSPS) is 12.9. The van der Waals surface area contributed by atoms with Gasteiger partial charge in [0.05, 0.1) is 12.3 Å². The Balaban J connectivity index is 2.70. The first-order valence-corrected chi connectivity index (χ1v) is 9.07. The fourth-order valence-corrected chi connectivity index (χ4v) is 2.75. The van der Waals surface area contributed by atoms with Gasteiger partial charge < -0.3 is 10.1 Å². The predicted octanol–water partition coefficient (Wildman–Crippen LogP) is 1.47. The van der Waals surface area contributed by atoms with E-state index in [4.69, 9.17) is 16.3 Å². The van der Waals surface area contributed by atoms with Gasteiger partial charge in [-0.05, 0) is 24.1 Å². The molecule has 1 aromatic carbocycles. The molecule has 1 atom stereocenters. The Morgan fingerprint density at radius 1 is 1.32 bits per heavy atom. The minimum absolute atomic E-state index is 0.0156. The summed E-state index contributed by atoms with van der Waals surface area (Å²) in [5, 5.41) is 3.28. The Morgan fingerprint density at radius 2 is 1.95 bits per heavy atom. The summed E-state index contributed by atoms with van der Waals surface area (Å²) in [7, 11) is -1.85. The van der Waals surface area contributed by atoms with Crippen LogP contribution in [0.1, 0.15) is 24.4 Å². The number of methoxy groups -OCH3 is 1. The average molecular weight is 349 g/mol.